The fraction of sp³-hybridized carbons (Fsp3) is 0.118. The molecule has 2 aromatic carbocycles. The third-order valence-electron chi connectivity index (χ3n) is 3.26. The van der Waals surface area contributed by atoms with Crippen LogP contribution in [0.25, 0.3) is 11.5 Å². The number of para-hydroxylation sites is 1. The van der Waals surface area contributed by atoms with Crippen molar-refractivity contribution in [3.05, 3.63) is 59.4 Å². The molecule has 0 saturated heterocycles. The number of hydrogen-bond donors (Lipinski definition) is 1. The van der Waals surface area contributed by atoms with Gasteiger partial charge in [-0.15, -0.1) is 10.2 Å². The predicted molar refractivity (Wildman–Crippen MR) is 95.1 cm³/mol. The van der Waals surface area contributed by atoms with Crippen LogP contribution >= 0.6 is 23.4 Å². The largest absolute Gasteiger partial charge is 0.411 e. The summed E-state index contributed by atoms with van der Waals surface area (Å²) in [6.07, 6.45) is 0. The first kappa shape index (κ1) is 17.4. The zero-order valence-corrected chi connectivity index (χ0v) is 14.6. The summed E-state index contributed by atoms with van der Waals surface area (Å²) in [4.78, 5) is 12.2. The fourth-order valence-electron chi connectivity index (χ4n) is 2.00. The molecular weight excluding hydrogens is 365 g/mol. The van der Waals surface area contributed by atoms with E-state index in [1.807, 2.05) is 0 Å². The maximum Gasteiger partial charge on any atom is 0.277 e. The van der Waals surface area contributed by atoms with Gasteiger partial charge in [-0.2, -0.15) is 0 Å². The molecule has 1 aromatic heterocycles. The van der Waals surface area contributed by atoms with Crippen LogP contribution in [0.4, 0.5) is 10.1 Å². The van der Waals surface area contributed by atoms with E-state index in [4.69, 9.17) is 16.0 Å². The van der Waals surface area contributed by atoms with Gasteiger partial charge in [0.15, 0.2) is 0 Å². The minimum atomic E-state index is -0.549. The van der Waals surface area contributed by atoms with E-state index in [-0.39, 0.29) is 16.8 Å². The van der Waals surface area contributed by atoms with Gasteiger partial charge in [0.2, 0.25) is 11.8 Å². The number of nitrogens with one attached hydrogen (secondary N) is 1. The SMILES string of the molecule is C[C@H](Sc1nnc(-c2cccc(Cl)c2)o1)C(=O)Nc1ccccc1F. The summed E-state index contributed by atoms with van der Waals surface area (Å²) in [6, 6.07) is 13.0. The highest BCUT2D eigenvalue weighted by Crippen LogP contribution is 2.28. The normalized spacial score (nSPS) is 12.0. The lowest BCUT2D eigenvalue weighted by molar-refractivity contribution is -0.115. The van der Waals surface area contributed by atoms with Gasteiger partial charge in [0.05, 0.1) is 10.9 Å². The molecule has 25 heavy (non-hydrogen) atoms. The molecule has 5 nitrogen and oxygen atoms in total. The number of rotatable bonds is 5. The Morgan fingerprint density at radius 2 is 2.04 bits per heavy atom. The number of benzene rings is 2. The van der Waals surface area contributed by atoms with Gasteiger partial charge in [0, 0.05) is 10.6 Å². The van der Waals surface area contributed by atoms with Gasteiger partial charge in [-0.3, -0.25) is 4.79 Å². The van der Waals surface area contributed by atoms with Gasteiger partial charge < -0.3 is 9.73 Å². The number of anilines is 1. The lowest BCUT2D eigenvalue weighted by Gasteiger charge is -2.10. The number of amides is 1. The summed E-state index contributed by atoms with van der Waals surface area (Å²) < 4.78 is 19.1. The van der Waals surface area contributed by atoms with E-state index in [1.165, 1.54) is 12.1 Å². The molecule has 3 aromatic rings. The third kappa shape index (κ3) is 4.37. The first-order valence-electron chi connectivity index (χ1n) is 7.34. The van der Waals surface area contributed by atoms with Crippen LogP contribution in [0.5, 0.6) is 0 Å². The van der Waals surface area contributed by atoms with Crippen LogP contribution in [0.15, 0.2) is 58.2 Å². The molecule has 0 fully saturated rings. The molecule has 0 spiro atoms. The van der Waals surface area contributed by atoms with Crippen LogP contribution < -0.4 is 5.32 Å². The summed E-state index contributed by atoms with van der Waals surface area (Å²) >= 11 is 7.03. The minimum Gasteiger partial charge on any atom is -0.411 e. The molecule has 1 amide bonds. The highest BCUT2D eigenvalue weighted by atomic mass is 35.5. The van der Waals surface area contributed by atoms with Crippen molar-refractivity contribution in [1.82, 2.24) is 10.2 Å². The summed E-state index contributed by atoms with van der Waals surface area (Å²) in [7, 11) is 0. The molecule has 3 rings (SSSR count). The van der Waals surface area contributed by atoms with Gasteiger partial charge in [0.1, 0.15) is 5.82 Å². The summed E-state index contributed by atoms with van der Waals surface area (Å²) in [5, 5.41) is 10.7. The Kier molecular flexibility index (Phi) is 5.35. The standard InChI is InChI=1S/C17H13ClFN3O2S/c1-10(15(23)20-14-8-3-2-7-13(14)19)25-17-22-21-16(24-17)11-5-4-6-12(18)9-11/h2-10H,1H3,(H,20,23)/t10-/m0/s1. The maximum atomic E-state index is 13.6. The van der Waals surface area contributed by atoms with E-state index in [0.29, 0.717) is 16.5 Å². The zero-order chi connectivity index (χ0) is 17.8. The Balaban J connectivity index is 1.66. The van der Waals surface area contributed by atoms with E-state index in [9.17, 15) is 9.18 Å². The number of carbonyl (C=O) groups is 1. The molecule has 0 bridgehead atoms. The molecule has 1 heterocycles. The summed E-state index contributed by atoms with van der Waals surface area (Å²) in [6.45, 7) is 1.67. The predicted octanol–water partition coefficient (Wildman–Crippen LogP) is 4.65. The van der Waals surface area contributed by atoms with Crippen LogP contribution in [0.3, 0.4) is 0 Å². The lowest BCUT2D eigenvalue weighted by Crippen LogP contribution is -2.22. The van der Waals surface area contributed by atoms with Gasteiger partial charge in [-0.1, -0.05) is 41.6 Å². The van der Waals surface area contributed by atoms with Crippen molar-refractivity contribution >= 4 is 35.0 Å². The number of thioether (sulfide) groups is 1. The molecule has 0 aliphatic rings. The van der Waals surface area contributed by atoms with Gasteiger partial charge in [0.25, 0.3) is 5.22 Å². The average Bonchev–Trinajstić information content (AvgIpc) is 3.05. The van der Waals surface area contributed by atoms with E-state index < -0.39 is 11.1 Å². The minimum absolute atomic E-state index is 0.130. The Labute approximate surface area is 152 Å². The molecule has 0 radical (unpaired) electrons. The lowest BCUT2D eigenvalue weighted by atomic mass is 10.2. The molecule has 1 N–H and O–H groups in total. The number of carbonyl (C=O) groups excluding carboxylic acids is 1. The first-order chi connectivity index (χ1) is 12.0. The first-order valence-corrected chi connectivity index (χ1v) is 8.60. The zero-order valence-electron chi connectivity index (χ0n) is 13.1. The van der Waals surface area contributed by atoms with E-state index in [1.54, 1.807) is 43.3 Å². The monoisotopic (exact) mass is 377 g/mol. The Bertz CT molecular complexity index is 903. The van der Waals surface area contributed by atoms with Crippen molar-refractivity contribution < 1.29 is 13.6 Å². The van der Waals surface area contributed by atoms with E-state index in [2.05, 4.69) is 15.5 Å². The van der Waals surface area contributed by atoms with Crippen molar-refractivity contribution in [1.29, 1.82) is 0 Å². The molecule has 1 atom stereocenters. The van der Waals surface area contributed by atoms with E-state index >= 15 is 0 Å². The third-order valence-corrected chi connectivity index (χ3v) is 4.43. The summed E-state index contributed by atoms with van der Waals surface area (Å²) in [5.41, 5.74) is 0.820. The Hall–Kier alpha value is -2.38. The van der Waals surface area contributed by atoms with Crippen molar-refractivity contribution in [2.24, 2.45) is 0 Å². The molecular formula is C17H13ClFN3O2S. The van der Waals surface area contributed by atoms with Crippen molar-refractivity contribution in [2.45, 2.75) is 17.4 Å². The Morgan fingerprint density at radius 1 is 1.24 bits per heavy atom. The van der Waals surface area contributed by atoms with Gasteiger partial charge in [-0.25, -0.2) is 4.39 Å². The topological polar surface area (TPSA) is 68.0 Å². The molecule has 0 aliphatic carbocycles. The number of hydrogen-bond acceptors (Lipinski definition) is 5. The number of nitrogens with zero attached hydrogens (tertiary/aromatic N) is 2. The molecule has 128 valence electrons. The molecule has 0 saturated carbocycles. The van der Waals surface area contributed by atoms with Gasteiger partial charge in [-0.05, 0) is 37.3 Å². The second-order valence-corrected chi connectivity index (χ2v) is 6.84. The van der Waals surface area contributed by atoms with Crippen LogP contribution in [-0.4, -0.2) is 21.4 Å². The quantitative estimate of drug-likeness (QED) is 0.655. The van der Waals surface area contributed by atoms with Crippen molar-refractivity contribution in [3.63, 3.8) is 0 Å². The smallest absolute Gasteiger partial charge is 0.277 e. The molecule has 0 unspecified atom stereocenters. The second-order valence-electron chi connectivity index (χ2n) is 5.11. The van der Waals surface area contributed by atoms with Crippen LogP contribution in [0.1, 0.15) is 6.92 Å². The van der Waals surface area contributed by atoms with Crippen LogP contribution in [0.2, 0.25) is 5.02 Å². The second kappa shape index (κ2) is 7.67. The van der Waals surface area contributed by atoms with Crippen LogP contribution in [-0.2, 0) is 4.79 Å². The van der Waals surface area contributed by atoms with Crippen molar-refractivity contribution in [2.75, 3.05) is 5.32 Å². The van der Waals surface area contributed by atoms with Crippen molar-refractivity contribution in [3.8, 4) is 11.5 Å². The Morgan fingerprint density at radius 3 is 2.80 bits per heavy atom. The van der Waals surface area contributed by atoms with Crippen LogP contribution in [0, 0.1) is 5.82 Å². The van der Waals surface area contributed by atoms with E-state index in [0.717, 1.165) is 11.8 Å². The fourth-order valence-corrected chi connectivity index (χ4v) is 2.87. The number of halogens is 2. The average molecular weight is 378 g/mol. The highest BCUT2D eigenvalue weighted by Gasteiger charge is 2.19. The highest BCUT2D eigenvalue weighted by molar-refractivity contribution is 8.00. The number of aromatic nitrogens is 2. The maximum absolute atomic E-state index is 13.6. The summed E-state index contributed by atoms with van der Waals surface area (Å²) in [5.74, 6) is -0.543. The van der Waals surface area contributed by atoms with Gasteiger partial charge >= 0.3 is 0 Å². The molecule has 0 aliphatic heterocycles. The molecule has 8 heteroatoms.